The number of aromatic nitrogens is 1. The van der Waals surface area contributed by atoms with Crippen molar-refractivity contribution in [3.05, 3.63) is 36.0 Å². The summed E-state index contributed by atoms with van der Waals surface area (Å²) >= 11 is 0. The van der Waals surface area contributed by atoms with Crippen LogP contribution >= 0.6 is 0 Å². The van der Waals surface area contributed by atoms with Crippen LogP contribution in [0.15, 0.2) is 30.5 Å². The van der Waals surface area contributed by atoms with E-state index in [9.17, 15) is 23.1 Å². The highest BCUT2D eigenvalue weighted by atomic mass is 19.4. The van der Waals surface area contributed by atoms with Gasteiger partial charge in [-0.05, 0) is 37.1 Å². The first-order valence-corrected chi connectivity index (χ1v) is 6.83. The highest BCUT2D eigenvalue weighted by Crippen LogP contribution is 2.37. The smallest absolute Gasteiger partial charge is 0.408 e. The van der Waals surface area contributed by atoms with Crippen molar-refractivity contribution in [2.75, 3.05) is 11.4 Å². The van der Waals surface area contributed by atoms with E-state index in [-0.39, 0.29) is 12.0 Å². The Morgan fingerprint density at radius 1 is 1.32 bits per heavy atom. The van der Waals surface area contributed by atoms with Gasteiger partial charge < -0.3 is 10.0 Å². The van der Waals surface area contributed by atoms with Gasteiger partial charge in [-0.25, -0.2) is 4.79 Å². The van der Waals surface area contributed by atoms with Crippen LogP contribution in [0.1, 0.15) is 23.2 Å². The first-order chi connectivity index (χ1) is 10.4. The number of carbonyl (C=O) groups is 1. The first-order valence-electron chi connectivity index (χ1n) is 6.83. The lowest BCUT2D eigenvalue weighted by Gasteiger charge is -2.28. The molecule has 116 valence electrons. The molecule has 3 rings (SSSR count). The van der Waals surface area contributed by atoms with Crippen molar-refractivity contribution in [2.45, 2.75) is 25.1 Å². The van der Waals surface area contributed by atoms with E-state index in [0.29, 0.717) is 29.6 Å². The van der Waals surface area contributed by atoms with Crippen LogP contribution in [0.2, 0.25) is 0 Å². The zero-order valence-electron chi connectivity index (χ0n) is 11.5. The number of anilines is 1. The number of carboxylic acid groups (broad SMARTS) is 1. The highest BCUT2D eigenvalue weighted by molar-refractivity contribution is 6.03. The highest BCUT2D eigenvalue weighted by Gasteiger charge is 2.46. The molecule has 22 heavy (non-hydrogen) atoms. The average molecular weight is 310 g/mol. The van der Waals surface area contributed by atoms with Gasteiger partial charge in [-0.15, -0.1) is 0 Å². The van der Waals surface area contributed by atoms with E-state index in [2.05, 4.69) is 4.98 Å². The number of carboxylic acids is 1. The maximum Gasteiger partial charge on any atom is 0.408 e. The Kier molecular flexibility index (Phi) is 3.42. The molecule has 7 heteroatoms. The van der Waals surface area contributed by atoms with Crippen LogP contribution in [0.4, 0.5) is 18.9 Å². The molecule has 0 radical (unpaired) electrons. The lowest BCUT2D eigenvalue weighted by Crippen LogP contribution is -2.41. The Labute approximate surface area is 124 Å². The van der Waals surface area contributed by atoms with Crippen LogP contribution in [-0.2, 0) is 0 Å². The molecule has 1 aromatic heterocycles. The van der Waals surface area contributed by atoms with Gasteiger partial charge in [0.25, 0.3) is 0 Å². The number of halogens is 3. The maximum absolute atomic E-state index is 13.1. The molecule has 4 nitrogen and oxygen atoms in total. The van der Waals surface area contributed by atoms with Gasteiger partial charge in [0.05, 0.1) is 11.1 Å². The molecular formula is C15H13F3N2O2. The predicted octanol–water partition coefficient (Wildman–Crippen LogP) is 3.46. The summed E-state index contributed by atoms with van der Waals surface area (Å²) in [6, 6.07) is 4.43. The number of aromatic carboxylic acids is 1. The fourth-order valence-electron chi connectivity index (χ4n) is 2.92. The number of benzene rings is 1. The molecule has 0 amide bonds. The summed E-state index contributed by atoms with van der Waals surface area (Å²) in [5, 5.41) is 9.55. The van der Waals surface area contributed by atoms with Crippen LogP contribution in [0, 0.1) is 0 Å². The summed E-state index contributed by atoms with van der Waals surface area (Å²) in [4.78, 5) is 16.6. The van der Waals surface area contributed by atoms with E-state index in [4.69, 9.17) is 0 Å². The van der Waals surface area contributed by atoms with Crippen molar-refractivity contribution in [3.63, 3.8) is 0 Å². The van der Waals surface area contributed by atoms with Gasteiger partial charge in [-0.2, -0.15) is 13.2 Å². The molecule has 1 aliphatic heterocycles. The Morgan fingerprint density at radius 2 is 2.09 bits per heavy atom. The lowest BCUT2D eigenvalue weighted by atomic mass is 10.1. The SMILES string of the molecule is O=C(O)c1ccnc2ccc(N3CCC[C@H]3C(F)(F)F)cc12. The minimum absolute atomic E-state index is 0.0367. The quantitative estimate of drug-likeness (QED) is 0.923. The van der Waals surface area contributed by atoms with E-state index >= 15 is 0 Å². The molecule has 1 fully saturated rings. The summed E-state index contributed by atoms with van der Waals surface area (Å²) in [7, 11) is 0. The monoisotopic (exact) mass is 310 g/mol. The van der Waals surface area contributed by atoms with E-state index in [1.54, 1.807) is 12.1 Å². The summed E-state index contributed by atoms with van der Waals surface area (Å²) in [5.41, 5.74) is 0.865. The third-order valence-corrected chi connectivity index (χ3v) is 3.92. The van der Waals surface area contributed by atoms with E-state index < -0.39 is 18.2 Å². The molecule has 2 heterocycles. The summed E-state index contributed by atoms with van der Waals surface area (Å²) in [5.74, 6) is -1.13. The van der Waals surface area contributed by atoms with Crippen molar-refractivity contribution in [2.24, 2.45) is 0 Å². The Morgan fingerprint density at radius 3 is 2.77 bits per heavy atom. The van der Waals surface area contributed by atoms with Crippen LogP contribution in [0.3, 0.4) is 0 Å². The van der Waals surface area contributed by atoms with Gasteiger partial charge in [0.15, 0.2) is 0 Å². The van der Waals surface area contributed by atoms with E-state index in [1.807, 2.05) is 0 Å². The van der Waals surface area contributed by atoms with Gasteiger partial charge in [0.2, 0.25) is 0 Å². The zero-order chi connectivity index (χ0) is 15.9. The topological polar surface area (TPSA) is 53.4 Å². The Balaban J connectivity index is 2.08. The minimum atomic E-state index is -4.30. The predicted molar refractivity (Wildman–Crippen MR) is 75.1 cm³/mol. The summed E-state index contributed by atoms with van der Waals surface area (Å²) in [6.45, 7) is 0.304. The molecule has 2 aromatic rings. The van der Waals surface area contributed by atoms with Gasteiger partial charge in [0, 0.05) is 23.8 Å². The molecule has 1 atom stereocenters. The number of rotatable bonds is 2. The number of pyridine rings is 1. The number of hydrogen-bond donors (Lipinski definition) is 1. The second-order valence-corrected chi connectivity index (χ2v) is 5.26. The van der Waals surface area contributed by atoms with Crippen LogP contribution in [-0.4, -0.2) is 34.8 Å². The van der Waals surface area contributed by atoms with E-state index in [0.717, 1.165) is 0 Å². The molecule has 0 bridgehead atoms. The molecule has 0 aliphatic carbocycles. The van der Waals surface area contributed by atoms with Crippen molar-refractivity contribution in [1.82, 2.24) is 4.98 Å². The zero-order valence-corrected chi connectivity index (χ0v) is 11.5. The second-order valence-electron chi connectivity index (χ2n) is 5.26. The van der Waals surface area contributed by atoms with Crippen LogP contribution in [0.25, 0.3) is 10.9 Å². The molecule has 1 aliphatic rings. The average Bonchev–Trinajstić information content (AvgIpc) is 2.95. The molecule has 0 saturated carbocycles. The van der Waals surface area contributed by atoms with Crippen LogP contribution < -0.4 is 4.90 Å². The summed E-state index contributed by atoms with van der Waals surface area (Å²) in [6.07, 6.45) is -2.41. The molecule has 0 spiro atoms. The first kappa shape index (κ1) is 14.6. The van der Waals surface area contributed by atoms with E-state index in [1.165, 1.54) is 23.2 Å². The van der Waals surface area contributed by atoms with Crippen molar-refractivity contribution >= 4 is 22.6 Å². The number of nitrogens with zero attached hydrogens (tertiary/aromatic N) is 2. The number of hydrogen-bond acceptors (Lipinski definition) is 3. The van der Waals surface area contributed by atoms with Gasteiger partial charge in [-0.1, -0.05) is 0 Å². The fourth-order valence-corrected chi connectivity index (χ4v) is 2.92. The second kappa shape index (κ2) is 5.15. The Hall–Kier alpha value is -2.31. The number of alkyl halides is 3. The maximum atomic E-state index is 13.1. The van der Waals surface area contributed by atoms with Crippen molar-refractivity contribution < 1.29 is 23.1 Å². The number of fused-ring (bicyclic) bond motifs is 1. The van der Waals surface area contributed by atoms with Gasteiger partial charge in [-0.3, -0.25) is 4.98 Å². The largest absolute Gasteiger partial charge is 0.478 e. The Bertz CT molecular complexity index is 730. The summed E-state index contributed by atoms with van der Waals surface area (Å²) < 4.78 is 39.2. The fraction of sp³-hybridized carbons (Fsp3) is 0.333. The molecule has 1 saturated heterocycles. The molecular weight excluding hydrogens is 297 g/mol. The van der Waals surface area contributed by atoms with Crippen molar-refractivity contribution in [1.29, 1.82) is 0 Å². The molecule has 0 unspecified atom stereocenters. The molecule has 1 aromatic carbocycles. The minimum Gasteiger partial charge on any atom is -0.478 e. The van der Waals surface area contributed by atoms with Crippen molar-refractivity contribution in [3.8, 4) is 0 Å². The molecule has 1 N–H and O–H groups in total. The normalized spacial score (nSPS) is 18.9. The van der Waals surface area contributed by atoms with Gasteiger partial charge in [0.1, 0.15) is 6.04 Å². The lowest BCUT2D eigenvalue weighted by molar-refractivity contribution is -0.145. The third-order valence-electron chi connectivity index (χ3n) is 3.92. The third kappa shape index (κ3) is 2.47. The van der Waals surface area contributed by atoms with Crippen LogP contribution in [0.5, 0.6) is 0 Å². The van der Waals surface area contributed by atoms with Gasteiger partial charge >= 0.3 is 12.1 Å². The standard InChI is InChI=1S/C15H13F3N2O2/c16-15(17,18)13-2-1-7-20(13)9-3-4-12-11(8-9)10(14(21)22)5-6-19-12/h3-6,8,13H,1-2,7H2,(H,21,22)/t13-/m0/s1.